The molecular formula is C10H14N4O2. The zero-order valence-electron chi connectivity index (χ0n) is 8.81. The van der Waals surface area contributed by atoms with Gasteiger partial charge in [-0.15, -0.1) is 10.2 Å². The number of rotatable bonds is 4. The van der Waals surface area contributed by atoms with Crippen LogP contribution in [-0.4, -0.2) is 33.4 Å². The second-order valence-electron chi connectivity index (χ2n) is 4.10. The van der Waals surface area contributed by atoms with Gasteiger partial charge >= 0.3 is 0 Å². The third-order valence-corrected chi connectivity index (χ3v) is 2.80. The lowest BCUT2D eigenvalue weighted by atomic mass is 9.80. The molecule has 1 amide bonds. The average Bonchev–Trinajstić information content (AvgIpc) is 2.24. The fraction of sp³-hybridized carbons (Fsp3) is 0.500. The maximum Gasteiger partial charge on any atom is 0.269 e. The van der Waals surface area contributed by atoms with Gasteiger partial charge in [-0.25, -0.2) is 0 Å². The Labute approximate surface area is 92.9 Å². The fourth-order valence-electron chi connectivity index (χ4n) is 1.57. The van der Waals surface area contributed by atoms with Crippen LogP contribution in [0.2, 0.25) is 0 Å². The van der Waals surface area contributed by atoms with Crippen LogP contribution in [0.4, 0.5) is 5.82 Å². The first kappa shape index (κ1) is 10.8. The first-order chi connectivity index (χ1) is 7.59. The highest BCUT2D eigenvalue weighted by molar-refractivity contribution is 5.90. The molecule has 2 rings (SSSR count). The number of amides is 1. The zero-order valence-corrected chi connectivity index (χ0v) is 8.81. The quantitative estimate of drug-likeness (QED) is 0.660. The molecule has 0 aliphatic heterocycles. The van der Waals surface area contributed by atoms with E-state index in [-0.39, 0.29) is 5.69 Å². The maximum absolute atomic E-state index is 10.7. The molecule has 0 aromatic carbocycles. The highest BCUT2D eigenvalue weighted by Crippen LogP contribution is 2.31. The minimum absolute atomic E-state index is 0.132. The number of nitrogens with two attached hydrogens (primary N) is 1. The lowest BCUT2D eigenvalue weighted by molar-refractivity contribution is -0.0202. The number of carbonyl (C=O) groups is 1. The Morgan fingerprint density at radius 2 is 2.25 bits per heavy atom. The van der Waals surface area contributed by atoms with Gasteiger partial charge in [0.2, 0.25) is 0 Å². The second kappa shape index (κ2) is 4.05. The van der Waals surface area contributed by atoms with Crippen LogP contribution in [0.3, 0.4) is 0 Å². The molecule has 6 heteroatoms. The summed E-state index contributed by atoms with van der Waals surface area (Å²) in [6.07, 6.45) is 2.68. The van der Waals surface area contributed by atoms with Gasteiger partial charge in [-0.05, 0) is 31.4 Å². The molecule has 0 spiro atoms. The van der Waals surface area contributed by atoms with Crippen molar-refractivity contribution >= 4 is 11.7 Å². The highest BCUT2D eigenvalue weighted by Gasteiger charge is 2.33. The van der Waals surface area contributed by atoms with Gasteiger partial charge in [0, 0.05) is 6.54 Å². The van der Waals surface area contributed by atoms with Crippen molar-refractivity contribution in [3.8, 4) is 0 Å². The fourth-order valence-corrected chi connectivity index (χ4v) is 1.57. The Bertz CT molecular complexity index is 386. The number of nitrogens with zero attached hydrogens (tertiary/aromatic N) is 2. The number of nitrogens with one attached hydrogen (secondary N) is 1. The Morgan fingerprint density at radius 3 is 2.69 bits per heavy atom. The molecule has 1 heterocycles. The summed E-state index contributed by atoms with van der Waals surface area (Å²) in [5, 5.41) is 20.2. The van der Waals surface area contributed by atoms with Crippen molar-refractivity contribution in [1.82, 2.24) is 10.2 Å². The Kier molecular flexibility index (Phi) is 2.74. The van der Waals surface area contributed by atoms with Crippen molar-refractivity contribution in [2.24, 2.45) is 5.73 Å². The Morgan fingerprint density at radius 1 is 1.50 bits per heavy atom. The summed E-state index contributed by atoms with van der Waals surface area (Å²) in [7, 11) is 0. The molecule has 1 aliphatic carbocycles. The van der Waals surface area contributed by atoms with Crippen LogP contribution in [0.1, 0.15) is 29.8 Å². The second-order valence-corrected chi connectivity index (χ2v) is 4.10. The number of aromatic nitrogens is 2. The van der Waals surface area contributed by atoms with Gasteiger partial charge in [0.25, 0.3) is 5.91 Å². The number of aliphatic hydroxyl groups is 1. The summed E-state index contributed by atoms with van der Waals surface area (Å²) < 4.78 is 0. The molecular weight excluding hydrogens is 208 g/mol. The normalized spacial score (nSPS) is 17.6. The van der Waals surface area contributed by atoms with Crippen LogP contribution < -0.4 is 11.1 Å². The molecule has 0 radical (unpaired) electrons. The molecule has 86 valence electrons. The third-order valence-electron chi connectivity index (χ3n) is 2.80. The molecule has 0 saturated heterocycles. The van der Waals surface area contributed by atoms with Crippen LogP contribution in [0, 0.1) is 0 Å². The van der Waals surface area contributed by atoms with Crippen molar-refractivity contribution in [2.75, 3.05) is 11.9 Å². The lowest BCUT2D eigenvalue weighted by Crippen LogP contribution is -2.43. The van der Waals surface area contributed by atoms with Crippen molar-refractivity contribution in [2.45, 2.75) is 24.9 Å². The first-order valence-corrected chi connectivity index (χ1v) is 5.19. The molecule has 16 heavy (non-hydrogen) atoms. The molecule has 6 nitrogen and oxygen atoms in total. The number of carbonyl (C=O) groups excluding carboxylic acids is 1. The van der Waals surface area contributed by atoms with Crippen LogP contribution in [0.25, 0.3) is 0 Å². The minimum atomic E-state index is -0.607. The van der Waals surface area contributed by atoms with E-state index in [1.807, 2.05) is 0 Å². The topological polar surface area (TPSA) is 101 Å². The lowest BCUT2D eigenvalue weighted by Gasteiger charge is -2.36. The third kappa shape index (κ3) is 2.27. The summed E-state index contributed by atoms with van der Waals surface area (Å²) in [5.41, 5.74) is 4.56. The minimum Gasteiger partial charge on any atom is -0.388 e. The molecule has 1 aromatic heterocycles. The maximum atomic E-state index is 10.7. The molecule has 1 aliphatic rings. The van der Waals surface area contributed by atoms with E-state index in [1.54, 1.807) is 6.07 Å². The largest absolute Gasteiger partial charge is 0.388 e. The van der Waals surface area contributed by atoms with Gasteiger partial charge in [-0.1, -0.05) is 0 Å². The van der Waals surface area contributed by atoms with E-state index in [2.05, 4.69) is 15.5 Å². The van der Waals surface area contributed by atoms with E-state index >= 15 is 0 Å². The molecule has 0 unspecified atom stereocenters. The summed E-state index contributed by atoms with van der Waals surface area (Å²) in [4.78, 5) is 10.7. The number of hydrogen-bond donors (Lipinski definition) is 3. The van der Waals surface area contributed by atoms with Gasteiger partial charge < -0.3 is 16.2 Å². The number of primary amides is 1. The van der Waals surface area contributed by atoms with Gasteiger partial charge in [-0.3, -0.25) is 4.79 Å². The predicted octanol–water partition coefficient (Wildman–Crippen LogP) is -0.0976. The van der Waals surface area contributed by atoms with Crippen LogP contribution in [-0.2, 0) is 0 Å². The first-order valence-electron chi connectivity index (χ1n) is 5.19. The number of hydrogen-bond acceptors (Lipinski definition) is 5. The molecule has 1 aromatic rings. The molecule has 1 saturated carbocycles. The SMILES string of the molecule is NC(=O)c1ccc(NCC2(O)CCC2)nn1. The van der Waals surface area contributed by atoms with E-state index < -0.39 is 11.5 Å². The summed E-state index contributed by atoms with van der Waals surface area (Å²) >= 11 is 0. The highest BCUT2D eigenvalue weighted by atomic mass is 16.3. The zero-order chi connectivity index (χ0) is 11.6. The molecule has 0 atom stereocenters. The summed E-state index contributed by atoms with van der Waals surface area (Å²) in [6.45, 7) is 0.456. The van der Waals surface area contributed by atoms with E-state index in [4.69, 9.17) is 5.73 Å². The van der Waals surface area contributed by atoms with Crippen molar-refractivity contribution in [1.29, 1.82) is 0 Å². The smallest absolute Gasteiger partial charge is 0.269 e. The Hall–Kier alpha value is -1.69. The Balaban J connectivity index is 1.92. The van der Waals surface area contributed by atoms with Gasteiger partial charge in [-0.2, -0.15) is 0 Å². The molecule has 0 bridgehead atoms. The van der Waals surface area contributed by atoms with Crippen molar-refractivity contribution < 1.29 is 9.90 Å². The summed E-state index contributed by atoms with van der Waals surface area (Å²) in [5.74, 6) is -0.0676. The van der Waals surface area contributed by atoms with Crippen LogP contribution >= 0.6 is 0 Å². The van der Waals surface area contributed by atoms with E-state index in [0.29, 0.717) is 12.4 Å². The van der Waals surface area contributed by atoms with Crippen molar-refractivity contribution in [3.05, 3.63) is 17.8 Å². The van der Waals surface area contributed by atoms with Gasteiger partial charge in [0.15, 0.2) is 5.69 Å². The molecule has 1 fully saturated rings. The van der Waals surface area contributed by atoms with Crippen molar-refractivity contribution in [3.63, 3.8) is 0 Å². The van der Waals surface area contributed by atoms with Gasteiger partial charge in [0.05, 0.1) is 5.60 Å². The predicted molar refractivity (Wildman–Crippen MR) is 57.8 cm³/mol. The van der Waals surface area contributed by atoms with Gasteiger partial charge in [0.1, 0.15) is 5.82 Å². The standard InChI is InChI=1S/C10H14N4O2/c11-9(15)7-2-3-8(14-13-7)12-6-10(16)4-1-5-10/h2-3,16H,1,4-6H2,(H2,11,15)(H,12,14). The summed E-state index contributed by atoms with van der Waals surface area (Å²) in [6, 6.07) is 3.12. The van der Waals surface area contributed by atoms with E-state index in [1.165, 1.54) is 6.07 Å². The van der Waals surface area contributed by atoms with Crippen LogP contribution in [0.15, 0.2) is 12.1 Å². The number of anilines is 1. The average molecular weight is 222 g/mol. The molecule has 4 N–H and O–H groups in total. The van der Waals surface area contributed by atoms with Crippen LogP contribution in [0.5, 0.6) is 0 Å². The monoisotopic (exact) mass is 222 g/mol. The van der Waals surface area contributed by atoms with E-state index in [0.717, 1.165) is 19.3 Å². The van der Waals surface area contributed by atoms with E-state index in [9.17, 15) is 9.90 Å².